The minimum atomic E-state index is -0.165. The summed E-state index contributed by atoms with van der Waals surface area (Å²) in [7, 11) is 0. The van der Waals surface area contributed by atoms with Crippen molar-refractivity contribution in [2.75, 3.05) is 26.2 Å². The first-order chi connectivity index (χ1) is 14.9. The molecule has 168 valence electrons. The predicted molar refractivity (Wildman–Crippen MR) is 126 cm³/mol. The maximum absolute atomic E-state index is 13.3. The molecule has 0 saturated heterocycles. The van der Waals surface area contributed by atoms with Crippen LogP contribution in [0.15, 0.2) is 35.7 Å². The summed E-state index contributed by atoms with van der Waals surface area (Å²) in [6, 6.07) is 9.17. The topological polar surface area (TPSA) is 49.9 Å². The van der Waals surface area contributed by atoms with Gasteiger partial charge in [-0.1, -0.05) is 32.4 Å². The maximum atomic E-state index is 13.3. The van der Waals surface area contributed by atoms with Crippen LogP contribution >= 0.6 is 22.9 Å². The largest absolute Gasteiger partial charge is 0.491 e. The normalized spacial score (nSPS) is 15.6. The van der Waals surface area contributed by atoms with E-state index in [9.17, 15) is 9.59 Å². The van der Waals surface area contributed by atoms with E-state index in [1.807, 2.05) is 24.0 Å². The van der Waals surface area contributed by atoms with Crippen LogP contribution in [0.2, 0.25) is 5.02 Å². The zero-order valence-electron chi connectivity index (χ0n) is 18.5. The molecule has 7 heteroatoms. The van der Waals surface area contributed by atoms with Crippen LogP contribution in [0.3, 0.4) is 0 Å². The smallest absolute Gasteiger partial charge is 0.242 e. The molecule has 5 nitrogen and oxygen atoms in total. The van der Waals surface area contributed by atoms with Gasteiger partial charge in [-0.05, 0) is 60.0 Å². The summed E-state index contributed by atoms with van der Waals surface area (Å²) in [4.78, 5) is 30.7. The van der Waals surface area contributed by atoms with E-state index < -0.39 is 0 Å². The predicted octanol–water partition coefficient (Wildman–Crippen LogP) is 5.19. The van der Waals surface area contributed by atoms with Crippen molar-refractivity contribution in [3.63, 3.8) is 0 Å². The monoisotopic (exact) mass is 462 g/mol. The van der Waals surface area contributed by atoms with Crippen molar-refractivity contribution in [3.05, 3.63) is 51.2 Å². The molecule has 1 aromatic heterocycles. The SMILES string of the molecule is CCC(=O)N(CCC(C)C)CC(=O)N1CCc2sccc2[C@@H]1COc1ccc(Cl)cc1. The van der Waals surface area contributed by atoms with Crippen molar-refractivity contribution < 1.29 is 14.3 Å². The van der Waals surface area contributed by atoms with Gasteiger partial charge in [0.1, 0.15) is 12.4 Å². The van der Waals surface area contributed by atoms with Gasteiger partial charge in [0.25, 0.3) is 0 Å². The fourth-order valence-electron chi connectivity index (χ4n) is 3.76. The van der Waals surface area contributed by atoms with E-state index in [2.05, 4.69) is 25.3 Å². The lowest BCUT2D eigenvalue weighted by Gasteiger charge is -2.37. The standard InChI is InChI=1S/C24H31ClN2O3S/c1-4-23(28)26(12-9-17(2)3)15-24(29)27-13-10-22-20(11-14-31-22)21(27)16-30-19-7-5-18(25)6-8-19/h5-8,11,14,17,21H,4,9-10,12-13,15-16H2,1-3H3/t21-/m0/s1. The van der Waals surface area contributed by atoms with Crippen LogP contribution in [0.1, 0.15) is 50.1 Å². The summed E-state index contributed by atoms with van der Waals surface area (Å²) in [6.07, 6.45) is 2.13. The zero-order chi connectivity index (χ0) is 22.4. The van der Waals surface area contributed by atoms with Crippen molar-refractivity contribution in [1.82, 2.24) is 9.80 Å². The molecule has 0 fully saturated rings. The molecule has 1 aliphatic rings. The molecule has 0 N–H and O–H groups in total. The molecule has 3 rings (SSSR count). The Morgan fingerprint density at radius 1 is 1.26 bits per heavy atom. The zero-order valence-corrected chi connectivity index (χ0v) is 20.0. The third kappa shape index (κ3) is 6.23. The van der Waals surface area contributed by atoms with Crippen molar-refractivity contribution in [2.45, 2.75) is 46.1 Å². The Morgan fingerprint density at radius 3 is 2.68 bits per heavy atom. The van der Waals surface area contributed by atoms with Gasteiger partial charge in [-0.3, -0.25) is 9.59 Å². The van der Waals surface area contributed by atoms with E-state index >= 15 is 0 Å². The van der Waals surface area contributed by atoms with Gasteiger partial charge in [-0.15, -0.1) is 11.3 Å². The number of rotatable bonds is 9. The number of nitrogens with zero attached hydrogens (tertiary/aromatic N) is 2. The van der Waals surface area contributed by atoms with Crippen LogP contribution in [0.25, 0.3) is 0 Å². The van der Waals surface area contributed by atoms with Gasteiger partial charge >= 0.3 is 0 Å². The highest BCUT2D eigenvalue weighted by Crippen LogP contribution is 2.34. The van der Waals surface area contributed by atoms with Gasteiger partial charge in [-0.2, -0.15) is 0 Å². The quantitative estimate of drug-likeness (QED) is 0.515. The fourth-order valence-corrected chi connectivity index (χ4v) is 4.82. The highest BCUT2D eigenvalue weighted by Gasteiger charge is 2.33. The molecular weight excluding hydrogens is 432 g/mol. The van der Waals surface area contributed by atoms with Crippen LogP contribution in [-0.2, 0) is 16.0 Å². The lowest BCUT2D eigenvalue weighted by atomic mass is 10.0. The van der Waals surface area contributed by atoms with E-state index in [4.69, 9.17) is 16.3 Å². The van der Waals surface area contributed by atoms with Crippen LogP contribution in [0, 0.1) is 5.92 Å². The van der Waals surface area contributed by atoms with Crippen molar-refractivity contribution in [2.24, 2.45) is 5.92 Å². The third-order valence-electron chi connectivity index (χ3n) is 5.59. The Labute approximate surface area is 193 Å². The van der Waals surface area contributed by atoms with Crippen LogP contribution < -0.4 is 4.74 Å². The van der Waals surface area contributed by atoms with Gasteiger partial charge < -0.3 is 14.5 Å². The number of carbonyl (C=O) groups is 2. The number of fused-ring (bicyclic) bond motifs is 1. The Bertz CT molecular complexity index is 881. The second-order valence-corrected chi connectivity index (χ2v) is 9.71. The number of amides is 2. The molecular formula is C24H31ClN2O3S. The molecule has 1 aliphatic heterocycles. The van der Waals surface area contributed by atoms with Crippen molar-refractivity contribution >= 4 is 34.8 Å². The van der Waals surface area contributed by atoms with Crippen LogP contribution in [0.5, 0.6) is 5.75 Å². The third-order valence-corrected chi connectivity index (χ3v) is 6.84. The van der Waals surface area contributed by atoms with Gasteiger partial charge in [0, 0.05) is 29.4 Å². The molecule has 0 bridgehead atoms. The van der Waals surface area contributed by atoms with E-state index in [0.29, 0.717) is 37.1 Å². The minimum absolute atomic E-state index is 0.0212. The van der Waals surface area contributed by atoms with E-state index in [1.165, 1.54) is 4.88 Å². The van der Waals surface area contributed by atoms with E-state index in [0.717, 1.165) is 24.2 Å². The number of ether oxygens (including phenoxy) is 1. The summed E-state index contributed by atoms with van der Waals surface area (Å²) >= 11 is 7.69. The highest BCUT2D eigenvalue weighted by molar-refractivity contribution is 7.10. The fraction of sp³-hybridized carbons (Fsp3) is 0.500. The van der Waals surface area contributed by atoms with Crippen molar-refractivity contribution in [1.29, 1.82) is 0 Å². The van der Waals surface area contributed by atoms with E-state index in [1.54, 1.807) is 28.4 Å². The summed E-state index contributed by atoms with van der Waals surface area (Å²) in [5.41, 5.74) is 1.15. The molecule has 0 saturated carbocycles. The Morgan fingerprint density at radius 2 is 2.00 bits per heavy atom. The number of thiophene rings is 1. The Kier molecular flexibility index (Phi) is 8.38. The molecule has 31 heavy (non-hydrogen) atoms. The minimum Gasteiger partial charge on any atom is -0.491 e. The average Bonchev–Trinajstić information content (AvgIpc) is 3.24. The molecule has 1 atom stereocenters. The molecule has 0 spiro atoms. The Balaban J connectivity index is 1.74. The van der Waals surface area contributed by atoms with Crippen LogP contribution in [-0.4, -0.2) is 47.9 Å². The summed E-state index contributed by atoms with van der Waals surface area (Å²) < 4.78 is 6.03. The van der Waals surface area contributed by atoms with Crippen molar-refractivity contribution in [3.8, 4) is 5.75 Å². The van der Waals surface area contributed by atoms with Gasteiger partial charge in [0.05, 0.1) is 12.6 Å². The maximum Gasteiger partial charge on any atom is 0.242 e. The Hall–Kier alpha value is -2.05. The number of hydrogen-bond acceptors (Lipinski definition) is 4. The van der Waals surface area contributed by atoms with Gasteiger partial charge in [-0.25, -0.2) is 0 Å². The van der Waals surface area contributed by atoms with Gasteiger partial charge in [0.15, 0.2) is 0 Å². The molecule has 2 heterocycles. The number of hydrogen-bond donors (Lipinski definition) is 0. The molecule has 2 aromatic rings. The number of halogens is 1. The summed E-state index contributed by atoms with van der Waals surface area (Å²) in [6.45, 7) is 7.84. The molecule has 0 unspecified atom stereocenters. The number of benzene rings is 1. The first-order valence-electron chi connectivity index (χ1n) is 10.9. The molecule has 0 radical (unpaired) electrons. The lowest BCUT2D eigenvalue weighted by molar-refractivity contribution is -0.142. The first kappa shape index (κ1) is 23.6. The second-order valence-electron chi connectivity index (χ2n) is 8.27. The highest BCUT2D eigenvalue weighted by atomic mass is 35.5. The van der Waals surface area contributed by atoms with E-state index in [-0.39, 0.29) is 24.4 Å². The molecule has 1 aromatic carbocycles. The average molecular weight is 463 g/mol. The summed E-state index contributed by atoms with van der Waals surface area (Å²) in [5, 5.41) is 2.73. The lowest BCUT2D eigenvalue weighted by Crippen LogP contribution is -2.48. The first-order valence-corrected chi connectivity index (χ1v) is 12.2. The summed E-state index contributed by atoms with van der Waals surface area (Å²) in [5.74, 6) is 1.20. The second kappa shape index (κ2) is 11.0. The molecule has 0 aliphatic carbocycles. The van der Waals surface area contributed by atoms with Crippen LogP contribution in [0.4, 0.5) is 0 Å². The van der Waals surface area contributed by atoms with Gasteiger partial charge in [0.2, 0.25) is 11.8 Å². The molecule has 2 amide bonds. The number of carbonyl (C=O) groups excluding carboxylic acids is 2.